The number of hydrogen-bond donors (Lipinski definition) is 0. The van der Waals surface area contributed by atoms with E-state index in [0.717, 1.165) is 11.1 Å². The van der Waals surface area contributed by atoms with Gasteiger partial charge in [0.2, 0.25) is 0 Å². The van der Waals surface area contributed by atoms with Crippen molar-refractivity contribution in [3.8, 4) is 5.75 Å². The molecule has 1 aliphatic heterocycles. The second-order valence-corrected chi connectivity index (χ2v) is 6.75. The van der Waals surface area contributed by atoms with Crippen molar-refractivity contribution in [2.75, 3.05) is 19.7 Å². The molecule has 0 aliphatic carbocycles. The van der Waals surface area contributed by atoms with Crippen LogP contribution in [0.5, 0.6) is 5.75 Å². The average molecular weight is 360 g/mol. The largest absolute Gasteiger partial charge is 0.484 e. The normalized spacial score (nSPS) is 20.4. The summed E-state index contributed by atoms with van der Waals surface area (Å²) in [5.41, 5.74) is 2.01. The van der Waals surface area contributed by atoms with E-state index < -0.39 is 0 Å². The number of halogens is 1. The minimum absolute atomic E-state index is 0.00923. The van der Waals surface area contributed by atoms with Crippen LogP contribution in [0.3, 0.4) is 0 Å². The van der Waals surface area contributed by atoms with Crippen molar-refractivity contribution in [1.82, 2.24) is 4.90 Å². The second kappa shape index (κ2) is 7.89. The van der Waals surface area contributed by atoms with Crippen LogP contribution in [0.4, 0.5) is 0 Å². The van der Waals surface area contributed by atoms with Crippen LogP contribution in [0.2, 0.25) is 5.02 Å². The van der Waals surface area contributed by atoms with E-state index in [2.05, 4.69) is 0 Å². The molecule has 1 aliphatic rings. The van der Waals surface area contributed by atoms with E-state index in [4.69, 9.17) is 21.1 Å². The topological polar surface area (TPSA) is 38.8 Å². The fourth-order valence-electron chi connectivity index (χ4n) is 2.95. The molecule has 0 aromatic heterocycles. The van der Waals surface area contributed by atoms with Gasteiger partial charge in [0, 0.05) is 11.6 Å². The molecule has 1 amide bonds. The minimum atomic E-state index is -0.105. The monoisotopic (exact) mass is 359 g/mol. The molecule has 2 aromatic carbocycles. The number of amides is 1. The number of aryl methyl sites for hydroxylation is 1. The van der Waals surface area contributed by atoms with E-state index in [0.29, 0.717) is 23.9 Å². The predicted molar refractivity (Wildman–Crippen MR) is 98.0 cm³/mol. The van der Waals surface area contributed by atoms with E-state index in [1.54, 1.807) is 12.1 Å². The lowest BCUT2D eigenvalue weighted by Gasteiger charge is -2.37. The Morgan fingerprint density at radius 1 is 1.24 bits per heavy atom. The highest BCUT2D eigenvalue weighted by molar-refractivity contribution is 6.31. The third kappa shape index (κ3) is 4.53. The van der Waals surface area contributed by atoms with Gasteiger partial charge < -0.3 is 14.4 Å². The van der Waals surface area contributed by atoms with Gasteiger partial charge >= 0.3 is 0 Å². The van der Waals surface area contributed by atoms with Gasteiger partial charge in [-0.2, -0.15) is 0 Å². The number of carbonyl (C=O) groups excluding carboxylic acids is 1. The standard InChI is InChI=1S/C20H22ClNO3/c1-14-10-17(8-9-18(14)21)24-13-20(23)22-11-15(2)25-19(12-22)16-6-4-3-5-7-16/h3-10,15,19H,11-13H2,1-2H3. The Bertz CT molecular complexity index is 735. The Balaban J connectivity index is 1.61. The maximum Gasteiger partial charge on any atom is 0.260 e. The number of hydrogen-bond acceptors (Lipinski definition) is 3. The molecular formula is C20H22ClNO3. The van der Waals surface area contributed by atoms with Crippen molar-refractivity contribution >= 4 is 17.5 Å². The zero-order chi connectivity index (χ0) is 17.8. The van der Waals surface area contributed by atoms with Gasteiger partial charge in [-0.15, -0.1) is 0 Å². The summed E-state index contributed by atoms with van der Waals surface area (Å²) in [5.74, 6) is 0.611. The van der Waals surface area contributed by atoms with Crippen molar-refractivity contribution in [2.24, 2.45) is 0 Å². The summed E-state index contributed by atoms with van der Waals surface area (Å²) >= 11 is 6.01. The summed E-state index contributed by atoms with van der Waals surface area (Å²) < 4.78 is 11.6. The van der Waals surface area contributed by atoms with Crippen LogP contribution in [0.15, 0.2) is 48.5 Å². The van der Waals surface area contributed by atoms with Crippen LogP contribution in [-0.2, 0) is 9.53 Å². The molecule has 0 radical (unpaired) electrons. The van der Waals surface area contributed by atoms with Crippen LogP contribution >= 0.6 is 11.6 Å². The third-order valence-electron chi connectivity index (χ3n) is 4.28. The van der Waals surface area contributed by atoms with Crippen molar-refractivity contribution in [3.05, 3.63) is 64.7 Å². The van der Waals surface area contributed by atoms with E-state index in [-0.39, 0.29) is 24.7 Å². The molecule has 2 unspecified atom stereocenters. The summed E-state index contributed by atoms with van der Waals surface area (Å²) in [6.45, 7) is 5.01. The summed E-state index contributed by atoms with van der Waals surface area (Å²) in [4.78, 5) is 14.4. The Morgan fingerprint density at radius 3 is 2.72 bits per heavy atom. The van der Waals surface area contributed by atoms with Gasteiger partial charge in [-0.05, 0) is 43.2 Å². The molecule has 0 N–H and O–H groups in total. The van der Waals surface area contributed by atoms with Gasteiger partial charge in [-0.3, -0.25) is 4.79 Å². The van der Waals surface area contributed by atoms with Gasteiger partial charge in [-0.25, -0.2) is 0 Å². The first-order valence-electron chi connectivity index (χ1n) is 8.40. The lowest BCUT2D eigenvalue weighted by Crippen LogP contribution is -2.47. The first-order chi connectivity index (χ1) is 12.0. The van der Waals surface area contributed by atoms with Crippen LogP contribution in [0, 0.1) is 6.92 Å². The molecule has 2 atom stereocenters. The molecule has 132 valence electrons. The number of carbonyl (C=O) groups is 1. The number of rotatable bonds is 4. The zero-order valence-corrected chi connectivity index (χ0v) is 15.2. The fraction of sp³-hybridized carbons (Fsp3) is 0.350. The molecular weight excluding hydrogens is 338 g/mol. The van der Waals surface area contributed by atoms with Crippen molar-refractivity contribution < 1.29 is 14.3 Å². The maximum absolute atomic E-state index is 12.6. The highest BCUT2D eigenvalue weighted by atomic mass is 35.5. The quantitative estimate of drug-likeness (QED) is 0.827. The van der Waals surface area contributed by atoms with Crippen LogP contribution in [0.1, 0.15) is 24.2 Å². The highest BCUT2D eigenvalue weighted by Crippen LogP contribution is 2.25. The molecule has 1 heterocycles. The Labute approximate surface area is 153 Å². The molecule has 3 rings (SSSR count). The Kier molecular flexibility index (Phi) is 5.61. The Morgan fingerprint density at radius 2 is 2.00 bits per heavy atom. The SMILES string of the molecule is Cc1cc(OCC(=O)N2CC(C)OC(c3ccccc3)C2)ccc1Cl. The highest BCUT2D eigenvalue weighted by Gasteiger charge is 2.29. The molecule has 0 bridgehead atoms. The molecule has 1 fully saturated rings. The van der Waals surface area contributed by atoms with Crippen molar-refractivity contribution in [3.63, 3.8) is 0 Å². The molecule has 25 heavy (non-hydrogen) atoms. The lowest BCUT2D eigenvalue weighted by atomic mass is 10.1. The summed E-state index contributed by atoms with van der Waals surface area (Å²) in [7, 11) is 0. The van der Waals surface area contributed by atoms with Crippen LogP contribution in [0.25, 0.3) is 0 Å². The molecule has 0 saturated carbocycles. The molecule has 4 nitrogen and oxygen atoms in total. The smallest absolute Gasteiger partial charge is 0.260 e. The summed E-state index contributed by atoms with van der Waals surface area (Å²) in [6.07, 6.45) is -0.118. The summed E-state index contributed by atoms with van der Waals surface area (Å²) in [5, 5.41) is 0.686. The number of ether oxygens (including phenoxy) is 2. The van der Waals surface area contributed by atoms with E-state index in [1.807, 2.05) is 55.1 Å². The van der Waals surface area contributed by atoms with Gasteiger partial charge in [-0.1, -0.05) is 41.9 Å². The molecule has 0 spiro atoms. The maximum atomic E-state index is 12.6. The number of morpholine rings is 1. The zero-order valence-electron chi connectivity index (χ0n) is 14.4. The lowest BCUT2D eigenvalue weighted by molar-refractivity contribution is -0.146. The summed E-state index contributed by atoms with van der Waals surface area (Å²) in [6, 6.07) is 15.4. The van der Waals surface area contributed by atoms with Crippen molar-refractivity contribution in [1.29, 1.82) is 0 Å². The fourth-order valence-corrected chi connectivity index (χ4v) is 3.07. The number of nitrogens with zero attached hydrogens (tertiary/aromatic N) is 1. The predicted octanol–water partition coefficient (Wildman–Crippen LogP) is 4.02. The first-order valence-corrected chi connectivity index (χ1v) is 8.78. The van der Waals surface area contributed by atoms with E-state index >= 15 is 0 Å². The van der Waals surface area contributed by atoms with Gasteiger partial charge in [0.1, 0.15) is 11.9 Å². The van der Waals surface area contributed by atoms with Crippen LogP contribution in [-0.4, -0.2) is 36.6 Å². The number of benzene rings is 2. The molecule has 1 saturated heterocycles. The average Bonchev–Trinajstić information content (AvgIpc) is 2.62. The second-order valence-electron chi connectivity index (χ2n) is 6.34. The third-order valence-corrected chi connectivity index (χ3v) is 4.70. The minimum Gasteiger partial charge on any atom is -0.484 e. The first kappa shape index (κ1) is 17.8. The van der Waals surface area contributed by atoms with Gasteiger partial charge in [0.05, 0.1) is 12.6 Å². The van der Waals surface area contributed by atoms with Crippen molar-refractivity contribution in [2.45, 2.75) is 26.1 Å². The van der Waals surface area contributed by atoms with Crippen LogP contribution < -0.4 is 4.74 Å². The van der Waals surface area contributed by atoms with E-state index in [9.17, 15) is 4.79 Å². The van der Waals surface area contributed by atoms with Gasteiger partial charge in [0.15, 0.2) is 6.61 Å². The van der Waals surface area contributed by atoms with Gasteiger partial charge in [0.25, 0.3) is 5.91 Å². The molecule has 5 heteroatoms. The van der Waals surface area contributed by atoms with E-state index in [1.165, 1.54) is 0 Å². The molecule has 2 aromatic rings. The Hall–Kier alpha value is -2.04.